The van der Waals surface area contributed by atoms with Crippen LogP contribution < -0.4 is 5.73 Å². The second-order valence-corrected chi connectivity index (χ2v) is 3.32. The lowest BCUT2D eigenvalue weighted by Crippen LogP contribution is -2.08. The summed E-state index contributed by atoms with van der Waals surface area (Å²) >= 11 is 0. The van der Waals surface area contributed by atoms with E-state index >= 15 is 0 Å². The smallest absolute Gasteiger partial charge is 0.337 e. The molecule has 4 nitrogen and oxygen atoms in total. The van der Waals surface area contributed by atoms with Crippen molar-refractivity contribution in [1.82, 2.24) is 0 Å². The van der Waals surface area contributed by atoms with Crippen LogP contribution in [-0.2, 0) is 17.7 Å². The van der Waals surface area contributed by atoms with Gasteiger partial charge in [-0.3, -0.25) is 0 Å². The van der Waals surface area contributed by atoms with E-state index in [1.54, 1.807) is 12.1 Å². The first kappa shape index (κ1) is 12.2. The Balaban J connectivity index is 3.38. The van der Waals surface area contributed by atoms with Gasteiger partial charge in [0.1, 0.15) is 0 Å². The van der Waals surface area contributed by atoms with Crippen LogP contribution in [0.1, 0.15) is 34.0 Å². The second-order valence-electron chi connectivity index (χ2n) is 3.32. The Morgan fingerprint density at radius 1 is 1.56 bits per heavy atom. The minimum atomic E-state index is -0.450. The molecule has 0 aliphatic heterocycles. The number of methoxy groups -OCH3 is 1. The zero-order valence-corrected chi connectivity index (χ0v) is 9.41. The molecule has 0 saturated heterocycles. The van der Waals surface area contributed by atoms with E-state index in [2.05, 4.69) is 10.8 Å². The van der Waals surface area contributed by atoms with Crippen molar-refractivity contribution in [2.24, 2.45) is 5.73 Å². The Bertz CT molecular complexity index is 447. The van der Waals surface area contributed by atoms with E-state index in [1.807, 2.05) is 6.92 Å². The highest BCUT2D eigenvalue weighted by Gasteiger charge is 2.13. The molecule has 1 rings (SSSR count). The average Bonchev–Trinajstić information content (AvgIpc) is 2.35. The van der Waals surface area contributed by atoms with Crippen LogP contribution in [0, 0.1) is 11.3 Å². The molecule has 16 heavy (non-hydrogen) atoms. The van der Waals surface area contributed by atoms with E-state index < -0.39 is 5.97 Å². The van der Waals surface area contributed by atoms with Crippen LogP contribution in [0.15, 0.2) is 12.1 Å². The predicted molar refractivity (Wildman–Crippen MR) is 59.8 cm³/mol. The van der Waals surface area contributed by atoms with E-state index in [9.17, 15) is 4.79 Å². The van der Waals surface area contributed by atoms with Gasteiger partial charge in [0.2, 0.25) is 0 Å². The Labute approximate surface area is 94.6 Å². The number of hydrogen-bond donors (Lipinski definition) is 1. The van der Waals surface area contributed by atoms with Crippen molar-refractivity contribution in [3.63, 3.8) is 0 Å². The molecule has 0 bridgehead atoms. The molecule has 0 amide bonds. The Morgan fingerprint density at radius 3 is 2.69 bits per heavy atom. The molecule has 0 aliphatic rings. The Morgan fingerprint density at radius 2 is 2.25 bits per heavy atom. The molecule has 0 aliphatic carbocycles. The number of nitrogens with two attached hydrogens (primary N) is 1. The Hall–Kier alpha value is -1.86. The van der Waals surface area contributed by atoms with Crippen LogP contribution in [0.5, 0.6) is 0 Å². The molecule has 0 atom stereocenters. The van der Waals surface area contributed by atoms with Crippen LogP contribution in [0.4, 0.5) is 0 Å². The number of ether oxygens (including phenoxy) is 1. The third-order valence-electron chi connectivity index (χ3n) is 2.46. The summed E-state index contributed by atoms with van der Waals surface area (Å²) in [6.07, 6.45) is 0.719. The number of carbonyl (C=O) groups excluding carboxylic acids is 1. The lowest BCUT2D eigenvalue weighted by atomic mass is 9.96. The quantitative estimate of drug-likeness (QED) is 0.777. The van der Waals surface area contributed by atoms with Crippen molar-refractivity contribution < 1.29 is 9.53 Å². The highest BCUT2D eigenvalue weighted by atomic mass is 16.5. The molecule has 0 heterocycles. The van der Waals surface area contributed by atoms with Gasteiger partial charge in [-0.2, -0.15) is 5.26 Å². The van der Waals surface area contributed by atoms with Crippen molar-refractivity contribution in [3.05, 3.63) is 34.4 Å². The average molecular weight is 218 g/mol. The van der Waals surface area contributed by atoms with Gasteiger partial charge < -0.3 is 10.5 Å². The molecule has 0 fully saturated rings. The first-order chi connectivity index (χ1) is 7.67. The van der Waals surface area contributed by atoms with Gasteiger partial charge in [-0.15, -0.1) is 0 Å². The SMILES string of the molecule is CCc1c(C#N)cc(C(=O)OC)cc1CN. The van der Waals surface area contributed by atoms with Crippen molar-refractivity contribution in [2.75, 3.05) is 7.11 Å². The summed E-state index contributed by atoms with van der Waals surface area (Å²) in [5, 5.41) is 9.01. The minimum absolute atomic E-state index is 0.308. The van der Waals surface area contributed by atoms with Crippen LogP contribution in [0.25, 0.3) is 0 Å². The largest absolute Gasteiger partial charge is 0.465 e. The molecule has 0 spiro atoms. The number of nitriles is 1. The van der Waals surface area contributed by atoms with Gasteiger partial charge in [-0.1, -0.05) is 6.92 Å². The Kier molecular flexibility index (Phi) is 4.03. The third-order valence-corrected chi connectivity index (χ3v) is 2.46. The van der Waals surface area contributed by atoms with E-state index in [1.165, 1.54) is 7.11 Å². The highest BCUT2D eigenvalue weighted by molar-refractivity contribution is 5.90. The van der Waals surface area contributed by atoms with Crippen LogP contribution in [0.3, 0.4) is 0 Å². The minimum Gasteiger partial charge on any atom is -0.465 e. The monoisotopic (exact) mass is 218 g/mol. The molecule has 0 radical (unpaired) electrons. The molecule has 0 unspecified atom stereocenters. The number of benzene rings is 1. The molecule has 2 N–H and O–H groups in total. The fraction of sp³-hybridized carbons (Fsp3) is 0.333. The van der Waals surface area contributed by atoms with Crippen molar-refractivity contribution in [1.29, 1.82) is 5.26 Å². The van der Waals surface area contributed by atoms with Crippen molar-refractivity contribution in [3.8, 4) is 6.07 Å². The summed E-state index contributed by atoms with van der Waals surface area (Å²) in [4.78, 5) is 11.4. The lowest BCUT2D eigenvalue weighted by molar-refractivity contribution is 0.0600. The summed E-state index contributed by atoms with van der Waals surface area (Å²) in [7, 11) is 1.31. The third kappa shape index (κ3) is 2.20. The molecular formula is C12H14N2O2. The second kappa shape index (κ2) is 5.29. The zero-order valence-electron chi connectivity index (χ0n) is 9.41. The summed E-state index contributed by atoms with van der Waals surface area (Å²) in [6.45, 7) is 2.26. The summed E-state index contributed by atoms with van der Waals surface area (Å²) in [5.74, 6) is -0.450. The molecule has 1 aromatic rings. The van der Waals surface area contributed by atoms with Gasteiger partial charge in [0.15, 0.2) is 0 Å². The maximum atomic E-state index is 11.4. The van der Waals surface area contributed by atoms with E-state index in [0.29, 0.717) is 17.7 Å². The predicted octanol–water partition coefficient (Wildman–Crippen LogP) is 1.37. The number of carbonyl (C=O) groups is 1. The van der Waals surface area contributed by atoms with Crippen LogP contribution >= 0.6 is 0 Å². The van der Waals surface area contributed by atoms with E-state index in [0.717, 1.165) is 17.5 Å². The summed E-state index contributed by atoms with van der Waals surface area (Å²) in [6, 6.07) is 5.31. The van der Waals surface area contributed by atoms with E-state index in [4.69, 9.17) is 11.0 Å². The maximum Gasteiger partial charge on any atom is 0.337 e. The first-order valence-electron chi connectivity index (χ1n) is 5.02. The maximum absolute atomic E-state index is 11.4. The van der Waals surface area contributed by atoms with E-state index in [-0.39, 0.29) is 0 Å². The summed E-state index contributed by atoms with van der Waals surface area (Å²) < 4.78 is 4.62. The molecule has 0 saturated carbocycles. The van der Waals surface area contributed by atoms with Gasteiger partial charge in [-0.05, 0) is 29.7 Å². The lowest BCUT2D eigenvalue weighted by Gasteiger charge is -2.10. The molecule has 1 aromatic carbocycles. The number of nitrogens with zero attached hydrogens (tertiary/aromatic N) is 1. The molecule has 4 heteroatoms. The van der Waals surface area contributed by atoms with Gasteiger partial charge in [-0.25, -0.2) is 4.79 Å². The van der Waals surface area contributed by atoms with Gasteiger partial charge in [0.25, 0.3) is 0 Å². The molecule has 0 aromatic heterocycles. The van der Waals surface area contributed by atoms with Crippen LogP contribution in [-0.4, -0.2) is 13.1 Å². The van der Waals surface area contributed by atoms with Crippen LogP contribution in [0.2, 0.25) is 0 Å². The number of hydrogen-bond acceptors (Lipinski definition) is 4. The van der Waals surface area contributed by atoms with Gasteiger partial charge >= 0.3 is 5.97 Å². The fourth-order valence-electron chi connectivity index (χ4n) is 1.67. The van der Waals surface area contributed by atoms with Crippen molar-refractivity contribution in [2.45, 2.75) is 19.9 Å². The molecular weight excluding hydrogens is 204 g/mol. The van der Waals surface area contributed by atoms with Gasteiger partial charge in [0.05, 0.1) is 24.3 Å². The standard InChI is InChI=1S/C12H14N2O2/c1-3-11-9(6-13)4-8(12(15)16-2)5-10(11)7-14/h4-5H,3,6,13H2,1-2H3. The topological polar surface area (TPSA) is 76.1 Å². The highest BCUT2D eigenvalue weighted by Crippen LogP contribution is 2.18. The normalized spacial score (nSPS) is 9.62. The van der Waals surface area contributed by atoms with Gasteiger partial charge in [0, 0.05) is 6.54 Å². The zero-order chi connectivity index (χ0) is 12.1. The summed E-state index contributed by atoms with van der Waals surface area (Å²) in [5.41, 5.74) is 8.18. The fourth-order valence-corrected chi connectivity index (χ4v) is 1.67. The number of rotatable bonds is 3. The number of esters is 1. The first-order valence-corrected chi connectivity index (χ1v) is 5.02. The molecule has 84 valence electrons. The van der Waals surface area contributed by atoms with Crippen molar-refractivity contribution >= 4 is 5.97 Å².